The number of pyridine rings is 1. The highest BCUT2D eigenvalue weighted by atomic mass is 127. The third kappa shape index (κ3) is 5.98. The molecule has 1 aromatic heterocycles. The van der Waals surface area contributed by atoms with E-state index in [0.29, 0.717) is 26.2 Å². The molecule has 1 aromatic rings. The van der Waals surface area contributed by atoms with Crippen LogP contribution in [0.4, 0.5) is 5.82 Å². The molecule has 3 saturated heterocycles. The van der Waals surface area contributed by atoms with Crippen molar-refractivity contribution in [2.45, 2.75) is 25.5 Å². The number of nitrogens with zero attached hydrogens (tertiary/aromatic N) is 5. The number of morpholine rings is 1. The Balaban J connectivity index is 0.00000272. The van der Waals surface area contributed by atoms with Crippen LogP contribution in [-0.2, 0) is 20.8 Å². The van der Waals surface area contributed by atoms with Crippen molar-refractivity contribution in [3.8, 4) is 0 Å². The summed E-state index contributed by atoms with van der Waals surface area (Å²) < 4.78 is 11.0. The number of hydrogen-bond donors (Lipinski definition) is 1. The Morgan fingerprint density at radius 1 is 1.16 bits per heavy atom. The highest BCUT2D eigenvalue weighted by Gasteiger charge is 2.31. The van der Waals surface area contributed by atoms with E-state index in [1.807, 2.05) is 17.2 Å². The Labute approximate surface area is 201 Å². The molecule has 1 atom stereocenters. The summed E-state index contributed by atoms with van der Waals surface area (Å²) in [5.41, 5.74) is 1.15. The van der Waals surface area contributed by atoms with Gasteiger partial charge >= 0.3 is 0 Å². The average Bonchev–Trinajstić information content (AvgIpc) is 3.35. The standard InChI is InChI=1S/C21H32N6O3.HI/c1-22-21(27-9-7-26(8-10-27)20(28)18-5-3-13-30-18)24-16-17-4-2-6-23-19(17)25-11-14-29-15-12-25;/h2,4,6,18H,3,5,7-16H2,1H3,(H,22,24);1H. The smallest absolute Gasteiger partial charge is 0.251 e. The summed E-state index contributed by atoms with van der Waals surface area (Å²) in [6.45, 7) is 7.48. The van der Waals surface area contributed by atoms with Gasteiger partial charge in [0.2, 0.25) is 0 Å². The van der Waals surface area contributed by atoms with Gasteiger partial charge in [-0.3, -0.25) is 9.79 Å². The molecule has 0 spiro atoms. The van der Waals surface area contributed by atoms with Gasteiger partial charge in [0, 0.05) is 71.2 Å². The highest BCUT2D eigenvalue weighted by molar-refractivity contribution is 14.0. The molecular formula is C21H33IN6O3. The molecule has 1 amide bonds. The lowest BCUT2D eigenvalue weighted by molar-refractivity contribution is -0.142. The number of piperazine rings is 1. The van der Waals surface area contributed by atoms with E-state index in [-0.39, 0.29) is 36.0 Å². The molecule has 0 saturated carbocycles. The number of nitrogens with one attached hydrogen (secondary N) is 1. The second-order valence-corrected chi connectivity index (χ2v) is 7.80. The van der Waals surface area contributed by atoms with Crippen molar-refractivity contribution in [2.75, 3.05) is 71.0 Å². The van der Waals surface area contributed by atoms with Gasteiger partial charge in [0.15, 0.2) is 5.96 Å². The van der Waals surface area contributed by atoms with Crippen molar-refractivity contribution < 1.29 is 14.3 Å². The summed E-state index contributed by atoms with van der Waals surface area (Å²) in [6.07, 6.45) is 3.43. The van der Waals surface area contributed by atoms with Crippen molar-refractivity contribution in [1.29, 1.82) is 0 Å². The number of amides is 1. The largest absolute Gasteiger partial charge is 0.378 e. The lowest BCUT2D eigenvalue weighted by atomic mass is 10.2. The Kier molecular flexibility index (Phi) is 9.15. The number of carbonyl (C=O) groups is 1. The van der Waals surface area contributed by atoms with E-state index in [4.69, 9.17) is 9.47 Å². The monoisotopic (exact) mass is 544 g/mol. The van der Waals surface area contributed by atoms with Crippen molar-refractivity contribution in [3.05, 3.63) is 23.9 Å². The maximum atomic E-state index is 12.6. The minimum absolute atomic E-state index is 0. The Morgan fingerprint density at radius 3 is 2.58 bits per heavy atom. The zero-order valence-electron chi connectivity index (χ0n) is 18.2. The summed E-state index contributed by atoms with van der Waals surface area (Å²) in [7, 11) is 1.80. The SMILES string of the molecule is CN=C(NCc1cccnc1N1CCOCC1)N1CCN(C(=O)C2CCCO2)CC1.I. The molecule has 172 valence electrons. The second kappa shape index (κ2) is 11.8. The van der Waals surface area contributed by atoms with Gasteiger partial charge in [-0.2, -0.15) is 0 Å². The van der Waals surface area contributed by atoms with Gasteiger partial charge in [-0.25, -0.2) is 4.98 Å². The third-order valence-corrected chi connectivity index (χ3v) is 5.92. The summed E-state index contributed by atoms with van der Waals surface area (Å²) in [6, 6.07) is 4.08. The van der Waals surface area contributed by atoms with Gasteiger partial charge in [0.1, 0.15) is 11.9 Å². The fourth-order valence-corrected chi connectivity index (χ4v) is 4.25. The fourth-order valence-electron chi connectivity index (χ4n) is 4.25. The van der Waals surface area contributed by atoms with E-state index in [1.54, 1.807) is 7.05 Å². The molecule has 4 heterocycles. The van der Waals surface area contributed by atoms with E-state index >= 15 is 0 Å². The molecule has 0 radical (unpaired) electrons. The molecule has 4 rings (SSSR count). The number of halogens is 1. The topological polar surface area (TPSA) is 82.5 Å². The van der Waals surface area contributed by atoms with Crippen LogP contribution in [-0.4, -0.2) is 98.9 Å². The van der Waals surface area contributed by atoms with Crippen molar-refractivity contribution in [1.82, 2.24) is 20.1 Å². The number of ether oxygens (including phenoxy) is 2. The maximum Gasteiger partial charge on any atom is 0.251 e. The normalized spacial score (nSPS) is 22.3. The molecular weight excluding hydrogens is 511 g/mol. The van der Waals surface area contributed by atoms with Crippen LogP contribution < -0.4 is 10.2 Å². The number of guanidine groups is 1. The minimum Gasteiger partial charge on any atom is -0.378 e. The van der Waals surface area contributed by atoms with Gasteiger partial charge in [-0.15, -0.1) is 24.0 Å². The number of rotatable bonds is 4. The number of hydrogen-bond acceptors (Lipinski definition) is 6. The minimum atomic E-state index is -0.238. The van der Waals surface area contributed by atoms with E-state index < -0.39 is 0 Å². The summed E-state index contributed by atoms with van der Waals surface area (Å²) >= 11 is 0. The average molecular weight is 544 g/mol. The van der Waals surface area contributed by atoms with Gasteiger partial charge in [-0.05, 0) is 18.9 Å². The first kappa shape index (κ1) is 24.0. The first-order valence-corrected chi connectivity index (χ1v) is 10.9. The van der Waals surface area contributed by atoms with E-state index in [9.17, 15) is 4.79 Å². The molecule has 3 aliphatic heterocycles. The molecule has 0 bridgehead atoms. The van der Waals surface area contributed by atoms with E-state index in [0.717, 1.165) is 69.6 Å². The van der Waals surface area contributed by atoms with Gasteiger partial charge < -0.3 is 29.5 Å². The third-order valence-electron chi connectivity index (χ3n) is 5.92. The van der Waals surface area contributed by atoms with Gasteiger partial charge in [0.05, 0.1) is 13.2 Å². The fraction of sp³-hybridized carbons (Fsp3) is 0.667. The molecule has 31 heavy (non-hydrogen) atoms. The molecule has 1 N–H and O–H groups in total. The van der Waals surface area contributed by atoms with E-state index in [2.05, 4.69) is 31.2 Å². The zero-order valence-corrected chi connectivity index (χ0v) is 20.5. The van der Waals surface area contributed by atoms with Crippen molar-refractivity contribution >= 4 is 41.7 Å². The molecule has 0 aromatic carbocycles. The van der Waals surface area contributed by atoms with Crippen LogP contribution in [0.1, 0.15) is 18.4 Å². The number of anilines is 1. The van der Waals surface area contributed by atoms with Crippen LogP contribution in [0.25, 0.3) is 0 Å². The van der Waals surface area contributed by atoms with Crippen LogP contribution in [0.3, 0.4) is 0 Å². The van der Waals surface area contributed by atoms with Crippen LogP contribution in [0, 0.1) is 0 Å². The van der Waals surface area contributed by atoms with Crippen LogP contribution in [0.5, 0.6) is 0 Å². The number of aliphatic imine (C=N–C) groups is 1. The predicted octanol–water partition coefficient (Wildman–Crippen LogP) is 0.935. The van der Waals surface area contributed by atoms with Gasteiger partial charge in [-0.1, -0.05) is 6.07 Å². The molecule has 9 nitrogen and oxygen atoms in total. The quantitative estimate of drug-likeness (QED) is 0.343. The maximum absolute atomic E-state index is 12.6. The zero-order chi connectivity index (χ0) is 20.8. The second-order valence-electron chi connectivity index (χ2n) is 7.80. The lowest BCUT2D eigenvalue weighted by Gasteiger charge is -2.37. The molecule has 3 fully saturated rings. The van der Waals surface area contributed by atoms with Crippen LogP contribution in [0.15, 0.2) is 23.3 Å². The summed E-state index contributed by atoms with van der Waals surface area (Å²) in [4.78, 5) is 28.1. The lowest BCUT2D eigenvalue weighted by Crippen LogP contribution is -2.55. The van der Waals surface area contributed by atoms with Crippen molar-refractivity contribution in [2.24, 2.45) is 4.99 Å². The Bertz CT molecular complexity index is 744. The Hall–Kier alpha value is -1.66. The molecule has 10 heteroatoms. The first-order valence-electron chi connectivity index (χ1n) is 10.9. The molecule has 1 unspecified atom stereocenters. The van der Waals surface area contributed by atoms with Crippen LogP contribution >= 0.6 is 24.0 Å². The first-order chi connectivity index (χ1) is 14.8. The number of aromatic nitrogens is 1. The summed E-state index contributed by atoms with van der Waals surface area (Å²) in [5, 5.41) is 3.48. The number of carbonyl (C=O) groups excluding carboxylic acids is 1. The summed E-state index contributed by atoms with van der Waals surface area (Å²) in [5.74, 6) is 2.01. The molecule has 0 aliphatic carbocycles. The molecule has 3 aliphatic rings. The van der Waals surface area contributed by atoms with E-state index in [1.165, 1.54) is 0 Å². The highest BCUT2D eigenvalue weighted by Crippen LogP contribution is 2.19. The van der Waals surface area contributed by atoms with Crippen molar-refractivity contribution in [3.63, 3.8) is 0 Å². The van der Waals surface area contributed by atoms with Crippen LogP contribution in [0.2, 0.25) is 0 Å². The van der Waals surface area contributed by atoms with Gasteiger partial charge in [0.25, 0.3) is 5.91 Å². The Morgan fingerprint density at radius 2 is 1.90 bits per heavy atom. The predicted molar refractivity (Wildman–Crippen MR) is 130 cm³/mol.